The molecule has 0 aliphatic carbocycles. The second-order valence-corrected chi connectivity index (χ2v) is 8.21. The van der Waals surface area contributed by atoms with E-state index in [4.69, 9.17) is 4.74 Å². The minimum atomic E-state index is -0.646. The fourth-order valence-electron chi connectivity index (χ4n) is 2.72. The highest BCUT2D eigenvalue weighted by Crippen LogP contribution is 2.24. The van der Waals surface area contributed by atoms with Crippen molar-refractivity contribution in [2.24, 2.45) is 0 Å². The molecule has 1 atom stereocenters. The highest BCUT2D eigenvalue weighted by molar-refractivity contribution is 5.96. The molecular formula is C24H32N2O3. The van der Waals surface area contributed by atoms with Gasteiger partial charge in [0.2, 0.25) is 0 Å². The van der Waals surface area contributed by atoms with Gasteiger partial charge in [0.1, 0.15) is 5.75 Å². The van der Waals surface area contributed by atoms with Crippen molar-refractivity contribution in [3.8, 4) is 5.75 Å². The van der Waals surface area contributed by atoms with Crippen molar-refractivity contribution < 1.29 is 14.3 Å². The quantitative estimate of drug-likeness (QED) is 0.622. The lowest BCUT2D eigenvalue weighted by Crippen LogP contribution is -2.30. The van der Waals surface area contributed by atoms with Crippen LogP contribution < -0.4 is 15.4 Å². The third-order valence-corrected chi connectivity index (χ3v) is 4.63. The maximum atomic E-state index is 12.4. The summed E-state index contributed by atoms with van der Waals surface area (Å²) in [6.07, 6.45) is 1.34. The molecule has 0 aromatic heterocycles. The number of ether oxygens (including phenoxy) is 1. The zero-order valence-electron chi connectivity index (χ0n) is 18.0. The molecule has 1 unspecified atom stereocenters. The summed E-state index contributed by atoms with van der Waals surface area (Å²) in [4.78, 5) is 24.5. The molecule has 29 heavy (non-hydrogen) atoms. The monoisotopic (exact) mass is 396 g/mol. The summed E-state index contributed by atoms with van der Waals surface area (Å²) in [5.41, 5.74) is 2.47. The van der Waals surface area contributed by atoms with Gasteiger partial charge in [0.05, 0.1) is 0 Å². The van der Waals surface area contributed by atoms with Gasteiger partial charge in [-0.1, -0.05) is 46.2 Å². The predicted octanol–water partition coefficient (Wildman–Crippen LogP) is 4.92. The van der Waals surface area contributed by atoms with Crippen molar-refractivity contribution in [2.75, 3.05) is 11.9 Å². The Hall–Kier alpha value is -2.82. The molecule has 2 N–H and O–H groups in total. The van der Waals surface area contributed by atoms with E-state index in [1.807, 2.05) is 24.3 Å². The molecule has 0 bridgehead atoms. The summed E-state index contributed by atoms with van der Waals surface area (Å²) in [6.45, 7) is 10.9. The Morgan fingerprint density at radius 3 is 2.17 bits per heavy atom. The topological polar surface area (TPSA) is 67.4 Å². The van der Waals surface area contributed by atoms with Gasteiger partial charge in [-0.15, -0.1) is 0 Å². The van der Waals surface area contributed by atoms with E-state index < -0.39 is 6.10 Å². The largest absolute Gasteiger partial charge is 0.481 e. The number of carbonyl (C=O) groups excluding carboxylic acids is 2. The molecule has 2 rings (SSSR count). The van der Waals surface area contributed by atoms with Gasteiger partial charge in [-0.2, -0.15) is 0 Å². The fourth-order valence-corrected chi connectivity index (χ4v) is 2.72. The lowest BCUT2D eigenvalue weighted by molar-refractivity contribution is -0.122. The lowest BCUT2D eigenvalue weighted by Gasteiger charge is -2.20. The van der Waals surface area contributed by atoms with Crippen molar-refractivity contribution in [3.05, 3.63) is 59.7 Å². The van der Waals surface area contributed by atoms with Gasteiger partial charge in [0.25, 0.3) is 11.8 Å². The number of carbonyl (C=O) groups is 2. The minimum Gasteiger partial charge on any atom is -0.481 e. The van der Waals surface area contributed by atoms with Gasteiger partial charge < -0.3 is 15.4 Å². The molecule has 5 nitrogen and oxygen atoms in total. The molecule has 0 saturated carbocycles. The zero-order chi connectivity index (χ0) is 21.4. The number of benzene rings is 2. The van der Waals surface area contributed by atoms with Gasteiger partial charge >= 0.3 is 0 Å². The fraction of sp³-hybridized carbons (Fsp3) is 0.417. The second-order valence-electron chi connectivity index (χ2n) is 8.21. The van der Waals surface area contributed by atoms with Crippen molar-refractivity contribution in [3.63, 3.8) is 0 Å². The molecule has 2 aromatic carbocycles. The van der Waals surface area contributed by atoms with Crippen LogP contribution >= 0.6 is 0 Å². The van der Waals surface area contributed by atoms with E-state index in [1.54, 1.807) is 31.2 Å². The number of unbranched alkanes of at least 4 members (excludes halogenated alkanes) is 1. The highest BCUT2D eigenvalue weighted by Gasteiger charge is 2.17. The van der Waals surface area contributed by atoms with E-state index in [1.165, 1.54) is 5.56 Å². The smallest absolute Gasteiger partial charge is 0.265 e. The Bertz CT molecular complexity index is 806. The Morgan fingerprint density at radius 2 is 1.62 bits per heavy atom. The molecule has 0 spiro atoms. The molecule has 0 heterocycles. The number of rotatable bonds is 8. The number of hydrogen-bond acceptors (Lipinski definition) is 3. The van der Waals surface area contributed by atoms with Crippen molar-refractivity contribution in [1.82, 2.24) is 5.32 Å². The van der Waals surface area contributed by atoms with Crippen LogP contribution in [0.25, 0.3) is 0 Å². The molecule has 156 valence electrons. The van der Waals surface area contributed by atoms with Crippen LogP contribution in [-0.2, 0) is 10.2 Å². The average Bonchev–Trinajstić information content (AvgIpc) is 2.68. The predicted molar refractivity (Wildman–Crippen MR) is 118 cm³/mol. The van der Waals surface area contributed by atoms with E-state index in [0.29, 0.717) is 23.5 Å². The van der Waals surface area contributed by atoms with Gasteiger partial charge in [0, 0.05) is 17.8 Å². The van der Waals surface area contributed by atoms with Gasteiger partial charge in [-0.3, -0.25) is 9.59 Å². The standard InChI is InChI=1S/C24H32N2O3/c1-6-7-16-25-23(28)18-8-12-20(13-9-18)26-22(27)17(2)29-21-14-10-19(11-15-21)24(3,4)5/h8-15,17H,6-7,16H2,1-5H3,(H,25,28)(H,26,27). The number of anilines is 1. The van der Waals surface area contributed by atoms with E-state index >= 15 is 0 Å². The molecule has 2 aromatic rings. The highest BCUT2D eigenvalue weighted by atomic mass is 16.5. The summed E-state index contributed by atoms with van der Waals surface area (Å²) in [7, 11) is 0. The molecule has 0 aliphatic rings. The molecule has 0 saturated heterocycles. The van der Waals surface area contributed by atoms with E-state index in [0.717, 1.165) is 12.8 Å². The Kier molecular flexibility index (Phi) is 7.82. The molecular weight excluding hydrogens is 364 g/mol. The van der Waals surface area contributed by atoms with Crippen LogP contribution in [-0.4, -0.2) is 24.5 Å². The van der Waals surface area contributed by atoms with Crippen LogP contribution in [0.2, 0.25) is 0 Å². The molecule has 0 fully saturated rings. The Labute approximate surface area is 173 Å². The first-order valence-electron chi connectivity index (χ1n) is 10.2. The average molecular weight is 397 g/mol. The normalized spacial score (nSPS) is 12.2. The molecule has 0 radical (unpaired) electrons. The van der Waals surface area contributed by atoms with Crippen molar-refractivity contribution >= 4 is 17.5 Å². The number of amides is 2. The first-order valence-corrected chi connectivity index (χ1v) is 10.2. The summed E-state index contributed by atoms with van der Waals surface area (Å²) in [6, 6.07) is 14.7. The van der Waals surface area contributed by atoms with Crippen molar-refractivity contribution in [2.45, 2.75) is 59.0 Å². The van der Waals surface area contributed by atoms with Crippen LogP contribution in [0.5, 0.6) is 5.75 Å². The van der Waals surface area contributed by atoms with E-state index in [-0.39, 0.29) is 17.2 Å². The van der Waals surface area contributed by atoms with Crippen LogP contribution in [0.3, 0.4) is 0 Å². The van der Waals surface area contributed by atoms with Crippen LogP contribution in [0.15, 0.2) is 48.5 Å². The first-order chi connectivity index (χ1) is 13.7. The van der Waals surface area contributed by atoms with Gasteiger partial charge in [-0.25, -0.2) is 0 Å². The lowest BCUT2D eigenvalue weighted by atomic mass is 9.87. The first kappa shape index (κ1) is 22.5. The summed E-state index contributed by atoms with van der Waals surface area (Å²) in [5, 5.41) is 5.69. The summed E-state index contributed by atoms with van der Waals surface area (Å²) in [5.74, 6) is 0.302. The number of nitrogens with one attached hydrogen (secondary N) is 2. The Balaban J connectivity index is 1.89. The third-order valence-electron chi connectivity index (χ3n) is 4.63. The minimum absolute atomic E-state index is 0.0700. The van der Waals surface area contributed by atoms with Crippen LogP contribution in [0, 0.1) is 0 Å². The van der Waals surface area contributed by atoms with E-state index in [9.17, 15) is 9.59 Å². The van der Waals surface area contributed by atoms with Crippen LogP contribution in [0.4, 0.5) is 5.69 Å². The maximum absolute atomic E-state index is 12.4. The maximum Gasteiger partial charge on any atom is 0.265 e. The molecule has 5 heteroatoms. The summed E-state index contributed by atoms with van der Waals surface area (Å²) >= 11 is 0. The molecule has 0 aliphatic heterocycles. The van der Waals surface area contributed by atoms with E-state index in [2.05, 4.69) is 38.3 Å². The zero-order valence-corrected chi connectivity index (χ0v) is 18.0. The van der Waals surface area contributed by atoms with Gasteiger partial charge in [0.15, 0.2) is 6.10 Å². The SMILES string of the molecule is CCCCNC(=O)c1ccc(NC(=O)C(C)Oc2ccc(C(C)(C)C)cc2)cc1. The second kappa shape index (κ2) is 10.1. The van der Waals surface area contributed by atoms with Crippen molar-refractivity contribution in [1.29, 1.82) is 0 Å². The Morgan fingerprint density at radius 1 is 1.00 bits per heavy atom. The van der Waals surface area contributed by atoms with Gasteiger partial charge in [-0.05, 0) is 60.7 Å². The third kappa shape index (κ3) is 6.93. The molecule has 2 amide bonds. The number of hydrogen-bond donors (Lipinski definition) is 2. The summed E-state index contributed by atoms with van der Waals surface area (Å²) < 4.78 is 5.76. The van der Waals surface area contributed by atoms with Crippen LogP contribution in [0.1, 0.15) is 63.4 Å².